The topological polar surface area (TPSA) is 49.9 Å². The number of nitrogens with zero attached hydrogens (tertiary/aromatic N) is 2. The molecule has 4 rings (SSSR count). The summed E-state index contributed by atoms with van der Waals surface area (Å²) in [7, 11) is 1.63. The molecule has 0 saturated carbocycles. The molecule has 146 valence electrons. The van der Waals surface area contributed by atoms with Crippen LogP contribution < -0.4 is 9.64 Å². The van der Waals surface area contributed by atoms with Gasteiger partial charge in [0.2, 0.25) is 11.8 Å². The number of methoxy groups -OCH3 is 1. The fourth-order valence-electron chi connectivity index (χ4n) is 4.22. The summed E-state index contributed by atoms with van der Waals surface area (Å²) in [5.41, 5.74) is 4.51. The number of anilines is 1. The smallest absolute Gasteiger partial charge is 0.232 e. The number of ether oxygens (including phenoxy) is 1. The first-order valence-electron chi connectivity index (χ1n) is 9.87. The number of hydrogen-bond acceptors (Lipinski definition) is 3. The van der Waals surface area contributed by atoms with Crippen LogP contribution in [0.15, 0.2) is 42.5 Å². The van der Waals surface area contributed by atoms with Crippen LogP contribution in [0.4, 0.5) is 5.69 Å². The van der Waals surface area contributed by atoms with Crippen molar-refractivity contribution in [2.75, 3.05) is 25.1 Å². The van der Waals surface area contributed by atoms with Crippen molar-refractivity contribution >= 4 is 17.5 Å². The van der Waals surface area contributed by atoms with Gasteiger partial charge in [0.25, 0.3) is 0 Å². The Morgan fingerprint density at radius 3 is 2.71 bits per heavy atom. The fraction of sp³-hybridized carbons (Fsp3) is 0.391. The molecule has 0 aliphatic carbocycles. The van der Waals surface area contributed by atoms with E-state index in [9.17, 15) is 9.59 Å². The summed E-state index contributed by atoms with van der Waals surface area (Å²) in [5.74, 6) is 0.659. The second-order valence-electron chi connectivity index (χ2n) is 7.75. The van der Waals surface area contributed by atoms with Gasteiger partial charge in [0.05, 0.1) is 13.0 Å². The van der Waals surface area contributed by atoms with Gasteiger partial charge >= 0.3 is 0 Å². The number of amides is 2. The van der Waals surface area contributed by atoms with Crippen LogP contribution in [0.2, 0.25) is 0 Å². The van der Waals surface area contributed by atoms with Gasteiger partial charge in [0, 0.05) is 31.7 Å². The molecule has 1 atom stereocenters. The van der Waals surface area contributed by atoms with Gasteiger partial charge < -0.3 is 14.5 Å². The van der Waals surface area contributed by atoms with E-state index in [1.807, 2.05) is 35.2 Å². The third-order valence-corrected chi connectivity index (χ3v) is 5.72. The second kappa shape index (κ2) is 7.66. The highest BCUT2D eigenvalue weighted by molar-refractivity contribution is 5.99. The van der Waals surface area contributed by atoms with Crippen LogP contribution in [0, 0.1) is 12.8 Å². The molecule has 2 aromatic rings. The van der Waals surface area contributed by atoms with E-state index < -0.39 is 0 Å². The van der Waals surface area contributed by atoms with E-state index in [1.165, 1.54) is 11.1 Å². The van der Waals surface area contributed by atoms with Crippen molar-refractivity contribution in [3.8, 4) is 5.75 Å². The number of rotatable bonds is 4. The summed E-state index contributed by atoms with van der Waals surface area (Å²) >= 11 is 0. The van der Waals surface area contributed by atoms with E-state index in [1.54, 1.807) is 12.0 Å². The number of carbonyl (C=O) groups excluding carboxylic acids is 2. The Hall–Kier alpha value is -2.82. The highest BCUT2D eigenvalue weighted by Gasteiger charge is 2.37. The van der Waals surface area contributed by atoms with Crippen molar-refractivity contribution in [3.63, 3.8) is 0 Å². The molecule has 0 spiro atoms. The standard InChI is InChI=1S/C23H26N2O3/c1-16-5-10-21-18(12-16)4-3-11-25(21)23(27)19-13-22(26)24(15-19)14-17-6-8-20(28-2)9-7-17/h5-10,12,19H,3-4,11,13-15H2,1-2H3. The zero-order valence-electron chi connectivity index (χ0n) is 16.5. The second-order valence-corrected chi connectivity index (χ2v) is 7.75. The lowest BCUT2D eigenvalue weighted by Gasteiger charge is -2.31. The molecule has 2 heterocycles. The van der Waals surface area contributed by atoms with E-state index in [0.717, 1.165) is 36.4 Å². The van der Waals surface area contributed by atoms with E-state index in [4.69, 9.17) is 4.74 Å². The molecule has 2 aliphatic rings. The Morgan fingerprint density at radius 2 is 1.96 bits per heavy atom. The molecule has 1 saturated heterocycles. The Balaban J connectivity index is 1.46. The Morgan fingerprint density at radius 1 is 1.18 bits per heavy atom. The summed E-state index contributed by atoms with van der Waals surface area (Å²) in [6.45, 7) is 3.83. The zero-order valence-corrected chi connectivity index (χ0v) is 16.5. The Bertz CT molecular complexity index is 891. The Kier molecular flexibility index (Phi) is 5.07. The van der Waals surface area contributed by atoms with Crippen molar-refractivity contribution in [3.05, 3.63) is 59.2 Å². The van der Waals surface area contributed by atoms with Crippen LogP contribution in [0.25, 0.3) is 0 Å². The maximum Gasteiger partial charge on any atom is 0.232 e. The highest BCUT2D eigenvalue weighted by atomic mass is 16.5. The highest BCUT2D eigenvalue weighted by Crippen LogP contribution is 2.31. The van der Waals surface area contributed by atoms with Crippen LogP contribution in [-0.4, -0.2) is 36.9 Å². The van der Waals surface area contributed by atoms with Gasteiger partial charge in [0.15, 0.2) is 0 Å². The van der Waals surface area contributed by atoms with Crippen molar-refractivity contribution in [1.82, 2.24) is 4.90 Å². The van der Waals surface area contributed by atoms with Crippen LogP contribution in [0.3, 0.4) is 0 Å². The van der Waals surface area contributed by atoms with Crippen molar-refractivity contribution < 1.29 is 14.3 Å². The molecule has 5 nitrogen and oxygen atoms in total. The lowest BCUT2D eigenvalue weighted by atomic mass is 9.97. The molecule has 2 amide bonds. The van der Waals surface area contributed by atoms with Gasteiger partial charge in [-0.15, -0.1) is 0 Å². The van der Waals surface area contributed by atoms with E-state index in [0.29, 0.717) is 19.5 Å². The van der Waals surface area contributed by atoms with Crippen LogP contribution in [0.5, 0.6) is 5.75 Å². The number of likely N-dealkylation sites (tertiary alicyclic amines) is 1. The normalized spacial score (nSPS) is 18.9. The number of hydrogen-bond donors (Lipinski definition) is 0. The Labute approximate surface area is 165 Å². The average molecular weight is 378 g/mol. The first-order valence-corrected chi connectivity index (χ1v) is 9.87. The lowest BCUT2D eigenvalue weighted by Crippen LogP contribution is -2.40. The fourth-order valence-corrected chi connectivity index (χ4v) is 4.22. The minimum absolute atomic E-state index is 0.0512. The number of carbonyl (C=O) groups is 2. The number of fused-ring (bicyclic) bond motifs is 1. The molecule has 5 heteroatoms. The van der Waals surface area contributed by atoms with Crippen molar-refractivity contribution in [2.24, 2.45) is 5.92 Å². The van der Waals surface area contributed by atoms with E-state index in [2.05, 4.69) is 19.1 Å². The maximum atomic E-state index is 13.2. The molecule has 2 aromatic carbocycles. The third-order valence-electron chi connectivity index (χ3n) is 5.72. The van der Waals surface area contributed by atoms with Gasteiger partial charge in [-0.05, 0) is 49.1 Å². The van der Waals surface area contributed by atoms with Crippen LogP contribution >= 0.6 is 0 Å². The maximum absolute atomic E-state index is 13.2. The summed E-state index contributed by atoms with van der Waals surface area (Å²) in [6, 6.07) is 14.0. The van der Waals surface area contributed by atoms with Gasteiger partial charge in [0.1, 0.15) is 5.75 Å². The summed E-state index contributed by atoms with van der Waals surface area (Å²) in [6.07, 6.45) is 2.28. The predicted octanol–water partition coefficient (Wildman–Crippen LogP) is 3.33. The number of benzene rings is 2. The monoisotopic (exact) mass is 378 g/mol. The van der Waals surface area contributed by atoms with Gasteiger partial charge in [-0.2, -0.15) is 0 Å². The first kappa shape index (κ1) is 18.5. The average Bonchev–Trinajstić information content (AvgIpc) is 3.07. The van der Waals surface area contributed by atoms with Crippen LogP contribution in [0.1, 0.15) is 29.5 Å². The molecule has 28 heavy (non-hydrogen) atoms. The quantitative estimate of drug-likeness (QED) is 0.820. The minimum Gasteiger partial charge on any atom is -0.497 e. The van der Waals surface area contributed by atoms with Gasteiger partial charge in [-0.3, -0.25) is 9.59 Å². The largest absolute Gasteiger partial charge is 0.497 e. The van der Waals surface area contributed by atoms with E-state index in [-0.39, 0.29) is 17.7 Å². The molecule has 1 unspecified atom stereocenters. The lowest BCUT2D eigenvalue weighted by molar-refractivity contribution is -0.128. The molecule has 1 fully saturated rings. The molecule has 2 aliphatic heterocycles. The minimum atomic E-state index is -0.266. The van der Waals surface area contributed by atoms with Gasteiger partial charge in [-0.25, -0.2) is 0 Å². The van der Waals surface area contributed by atoms with Gasteiger partial charge in [-0.1, -0.05) is 29.8 Å². The first-order chi connectivity index (χ1) is 13.5. The van der Waals surface area contributed by atoms with Crippen LogP contribution in [-0.2, 0) is 22.6 Å². The van der Waals surface area contributed by atoms with Crippen molar-refractivity contribution in [2.45, 2.75) is 32.7 Å². The summed E-state index contributed by atoms with van der Waals surface area (Å²) in [5, 5.41) is 0. The predicted molar refractivity (Wildman–Crippen MR) is 108 cm³/mol. The van der Waals surface area contributed by atoms with Crippen molar-refractivity contribution in [1.29, 1.82) is 0 Å². The van der Waals surface area contributed by atoms with E-state index >= 15 is 0 Å². The third kappa shape index (κ3) is 3.61. The molecule has 0 N–H and O–H groups in total. The zero-order chi connectivity index (χ0) is 19.7. The molecular weight excluding hydrogens is 352 g/mol. The number of aryl methyl sites for hydroxylation is 2. The molecule has 0 radical (unpaired) electrons. The summed E-state index contributed by atoms with van der Waals surface area (Å²) in [4.78, 5) is 29.4. The molecule has 0 bridgehead atoms. The SMILES string of the molecule is COc1ccc(CN2CC(C(=O)N3CCCc4cc(C)ccc43)CC2=O)cc1. The molecular formula is C23H26N2O3. The molecule has 0 aromatic heterocycles. The summed E-state index contributed by atoms with van der Waals surface area (Å²) < 4.78 is 5.18.